The fraction of sp³-hybridized carbons (Fsp3) is 0.267. The molecular weight excluding hydrogens is 242 g/mol. The Morgan fingerprint density at radius 2 is 1.94 bits per heavy atom. The predicted octanol–water partition coefficient (Wildman–Crippen LogP) is 3.45. The molecule has 0 bridgehead atoms. The first kappa shape index (κ1) is 13.0. The summed E-state index contributed by atoms with van der Waals surface area (Å²) in [6, 6.07) is 13.7. The molecule has 94 valence electrons. The Morgan fingerprint density at radius 3 is 2.56 bits per heavy atom. The van der Waals surface area contributed by atoms with Crippen molar-refractivity contribution in [3.8, 4) is 0 Å². The van der Waals surface area contributed by atoms with Gasteiger partial charge in [-0.05, 0) is 18.0 Å². The number of carbonyl (C=O) groups is 1. The number of benzene rings is 1. The number of carbonyl (C=O) groups excluding carboxylic acids is 1. The van der Waals surface area contributed by atoms with Crippen molar-refractivity contribution in [2.24, 2.45) is 0 Å². The number of ketones is 1. The highest BCUT2D eigenvalue weighted by Gasteiger charge is 2.11. The Labute approximate surface area is 112 Å². The first-order valence-electron chi connectivity index (χ1n) is 6.12. The van der Waals surface area contributed by atoms with Gasteiger partial charge < -0.3 is 0 Å². The third-order valence-corrected chi connectivity index (χ3v) is 3.73. The fourth-order valence-corrected chi connectivity index (χ4v) is 2.57. The van der Waals surface area contributed by atoms with E-state index < -0.39 is 0 Å². The lowest BCUT2D eigenvalue weighted by atomic mass is 10.1. The molecule has 0 unspecified atom stereocenters. The van der Waals surface area contributed by atoms with Crippen LogP contribution in [0.1, 0.15) is 22.2 Å². The van der Waals surface area contributed by atoms with Crippen LogP contribution in [0.25, 0.3) is 0 Å². The summed E-state index contributed by atoms with van der Waals surface area (Å²) in [5.41, 5.74) is 0.794. The summed E-state index contributed by atoms with van der Waals surface area (Å²) in [4.78, 5) is 15.6. The van der Waals surface area contributed by atoms with E-state index in [1.54, 1.807) is 11.3 Å². The van der Waals surface area contributed by atoms with Crippen molar-refractivity contribution in [2.45, 2.75) is 13.5 Å². The van der Waals surface area contributed by atoms with E-state index in [1.165, 1.54) is 4.88 Å². The van der Waals surface area contributed by atoms with Gasteiger partial charge in [0.2, 0.25) is 0 Å². The summed E-state index contributed by atoms with van der Waals surface area (Å²) in [6.07, 6.45) is 0. The van der Waals surface area contributed by atoms with Crippen LogP contribution < -0.4 is 0 Å². The number of hydrogen-bond acceptors (Lipinski definition) is 3. The molecule has 0 saturated heterocycles. The number of likely N-dealkylation sites (N-methyl/N-ethyl adjacent to an activating group) is 1. The van der Waals surface area contributed by atoms with Crippen LogP contribution in [-0.2, 0) is 6.54 Å². The van der Waals surface area contributed by atoms with Gasteiger partial charge in [0.25, 0.3) is 0 Å². The number of Topliss-reactive ketones (excluding diaryl/α,β-unsaturated/α-hetero) is 1. The van der Waals surface area contributed by atoms with Gasteiger partial charge in [-0.2, -0.15) is 0 Å². The molecule has 3 heteroatoms. The molecule has 0 saturated carbocycles. The van der Waals surface area contributed by atoms with E-state index in [0.717, 1.165) is 18.7 Å². The highest BCUT2D eigenvalue weighted by atomic mass is 32.1. The van der Waals surface area contributed by atoms with Crippen LogP contribution in [0.15, 0.2) is 47.8 Å². The Bertz CT molecular complexity index is 478. The highest BCUT2D eigenvalue weighted by Crippen LogP contribution is 2.12. The molecule has 0 radical (unpaired) electrons. The Morgan fingerprint density at radius 1 is 1.17 bits per heavy atom. The molecule has 2 aromatic rings. The minimum absolute atomic E-state index is 0.189. The summed E-state index contributed by atoms with van der Waals surface area (Å²) in [6.45, 7) is 4.31. The van der Waals surface area contributed by atoms with Crippen molar-refractivity contribution in [2.75, 3.05) is 13.1 Å². The van der Waals surface area contributed by atoms with Crippen LogP contribution in [0.2, 0.25) is 0 Å². The maximum Gasteiger partial charge on any atom is 0.176 e. The van der Waals surface area contributed by atoms with Crippen molar-refractivity contribution in [3.63, 3.8) is 0 Å². The van der Waals surface area contributed by atoms with E-state index in [4.69, 9.17) is 0 Å². The predicted molar refractivity (Wildman–Crippen MR) is 76.0 cm³/mol. The van der Waals surface area contributed by atoms with Gasteiger partial charge in [0, 0.05) is 17.0 Å². The average Bonchev–Trinajstić information content (AvgIpc) is 2.91. The molecular formula is C15H17NOS. The Balaban J connectivity index is 1.96. The number of nitrogens with zero attached hydrogens (tertiary/aromatic N) is 1. The van der Waals surface area contributed by atoms with Crippen molar-refractivity contribution < 1.29 is 4.79 Å². The van der Waals surface area contributed by atoms with Crippen LogP contribution >= 0.6 is 11.3 Å². The first-order chi connectivity index (χ1) is 8.79. The molecule has 0 atom stereocenters. The van der Waals surface area contributed by atoms with Crippen LogP contribution in [0.5, 0.6) is 0 Å². The van der Waals surface area contributed by atoms with Gasteiger partial charge in [0.15, 0.2) is 5.78 Å². The summed E-state index contributed by atoms with van der Waals surface area (Å²) in [5.74, 6) is 0.189. The van der Waals surface area contributed by atoms with E-state index in [2.05, 4.69) is 23.3 Å². The molecule has 18 heavy (non-hydrogen) atoms. The summed E-state index contributed by atoms with van der Waals surface area (Å²) >= 11 is 1.74. The van der Waals surface area contributed by atoms with Crippen molar-refractivity contribution in [3.05, 3.63) is 58.3 Å². The molecule has 2 rings (SSSR count). The molecule has 0 aliphatic rings. The number of rotatable bonds is 6. The second-order valence-corrected chi connectivity index (χ2v) is 5.20. The minimum atomic E-state index is 0.189. The molecule has 1 aromatic heterocycles. The molecule has 0 aliphatic heterocycles. The van der Waals surface area contributed by atoms with E-state index in [0.29, 0.717) is 6.54 Å². The van der Waals surface area contributed by atoms with Crippen LogP contribution in [0, 0.1) is 0 Å². The first-order valence-corrected chi connectivity index (χ1v) is 7.00. The zero-order valence-electron chi connectivity index (χ0n) is 10.5. The van der Waals surface area contributed by atoms with Gasteiger partial charge >= 0.3 is 0 Å². The summed E-state index contributed by atoms with van der Waals surface area (Å²) in [5, 5.41) is 2.07. The van der Waals surface area contributed by atoms with E-state index in [-0.39, 0.29) is 5.78 Å². The van der Waals surface area contributed by atoms with Gasteiger partial charge in [-0.1, -0.05) is 43.3 Å². The second kappa shape index (κ2) is 6.47. The zero-order chi connectivity index (χ0) is 12.8. The topological polar surface area (TPSA) is 20.3 Å². The second-order valence-electron chi connectivity index (χ2n) is 4.17. The van der Waals surface area contributed by atoms with Crippen LogP contribution in [-0.4, -0.2) is 23.8 Å². The lowest BCUT2D eigenvalue weighted by molar-refractivity contribution is 0.0930. The van der Waals surface area contributed by atoms with E-state index in [9.17, 15) is 4.79 Å². The van der Waals surface area contributed by atoms with Gasteiger partial charge in [0.05, 0.1) is 6.54 Å². The quantitative estimate of drug-likeness (QED) is 0.741. The third-order valence-electron chi connectivity index (χ3n) is 2.87. The highest BCUT2D eigenvalue weighted by molar-refractivity contribution is 7.09. The zero-order valence-corrected chi connectivity index (χ0v) is 11.3. The Kier molecular flexibility index (Phi) is 4.67. The molecule has 0 spiro atoms. The average molecular weight is 259 g/mol. The SMILES string of the molecule is CCN(CC(=O)c1ccccc1)Cc1cccs1. The van der Waals surface area contributed by atoms with Crippen molar-refractivity contribution in [1.82, 2.24) is 4.90 Å². The van der Waals surface area contributed by atoms with Crippen molar-refractivity contribution in [1.29, 1.82) is 0 Å². The fourth-order valence-electron chi connectivity index (χ4n) is 1.82. The normalized spacial score (nSPS) is 10.8. The molecule has 2 nitrogen and oxygen atoms in total. The van der Waals surface area contributed by atoms with Crippen LogP contribution in [0.4, 0.5) is 0 Å². The largest absolute Gasteiger partial charge is 0.293 e. The van der Waals surface area contributed by atoms with Crippen molar-refractivity contribution >= 4 is 17.1 Å². The maximum atomic E-state index is 12.1. The molecule has 1 heterocycles. The lowest BCUT2D eigenvalue weighted by Gasteiger charge is -2.18. The monoisotopic (exact) mass is 259 g/mol. The van der Waals surface area contributed by atoms with E-state index in [1.807, 2.05) is 36.4 Å². The summed E-state index contributed by atoms with van der Waals surface area (Å²) in [7, 11) is 0. The molecule has 1 aromatic carbocycles. The van der Waals surface area contributed by atoms with Gasteiger partial charge in [-0.3, -0.25) is 9.69 Å². The Hall–Kier alpha value is -1.45. The minimum Gasteiger partial charge on any atom is -0.293 e. The molecule has 0 amide bonds. The summed E-state index contributed by atoms with van der Waals surface area (Å²) < 4.78 is 0. The molecule has 0 aliphatic carbocycles. The maximum absolute atomic E-state index is 12.1. The number of hydrogen-bond donors (Lipinski definition) is 0. The van der Waals surface area contributed by atoms with Gasteiger partial charge in [-0.25, -0.2) is 0 Å². The van der Waals surface area contributed by atoms with E-state index >= 15 is 0 Å². The van der Waals surface area contributed by atoms with Crippen LogP contribution in [0.3, 0.4) is 0 Å². The smallest absolute Gasteiger partial charge is 0.176 e. The standard InChI is InChI=1S/C15H17NOS/c1-2-16(11-14-9-6-10-18-14)12-15(17)13-7-4-3-5-8-13/h3-10H,2,11-12H2,1H3. The van der Waals surface area contributed by atoms with Gasteiger partial charge in [0.1, 0.15) is 0 Å². The van der Waals surface area contributed by atoms with Gasteiger partial charge in [-0.15, -0.1) is 11.3 Å². The third kappa shape index (κ3) is 3.52. The molecule has 0 fully saturated rings. The number of thiophene rings is 1. The molecule has 0 N–H and O–H groups in total. The lowest BCUT2D eigenvalue weighted by Crippen LogP contribution is -2.29.